The van der Waals surface area contributed by atoms with Gasteiger partial charge in [-0.3, -0.25) is 10.1 Å². The molecule has 0 heterocycles. The third-order valence-electron chi connectivity index (χ3n) is 2.54. The number of hydrogen-bond donors (Lipinski definition) is 4. The van der Waals surface area contributed by atoms with Crippen LogP contribution in [0.2, 0.25) is 0 Å². The first-order valence-electron chi connectivity index (χ1n) is 4.99. The van der Waals surface area contributed by atoms with E-state index in [1.807, 2.05) is 0 Å². The highest BCUT2D eigenvalue weighted by atomic mass is 16.6. The first-order chi connectivity index (χ1) is 7.88. The second-order valence-corrected chi connectivity index (χ2v) is 3.77. The maximum Gasteiger partial charge on any atom is 0.270 e. The lowest BCUT2D eigenvalue weighted by Crippen LogP contribution is -2.27. The summed E-state index contributed by atoms with van der Waals surface area (Å²) in [6, 6.07) is 2.45. The lowest BCUT2D eigenvalue weighted by Gasteiger charge is -2.19. The van der Waals surface area contributed by atoms with Crippen molar-refractivity contribution in [3.05, 3.63) is 33.4 Å². The van der Waals surface area contributed by atoms with Crippen molar-refractivity contribution < 1.29 is 15.1 Å². The summed E-state index contributed by atoms with van der Waals surface area (Å²) in [6.45, 7) is 1.43. The lowest BCUT2D eigenvalue weighted by atomic mass is 9.99. The molecule has 0 aliphatic rings. The molecule has 7 heteroatoms. The number of nitrogens with two attached hydrogens (primary N) is 2. The van der Waals surface area contributed by atoms with Crippen LogP contribution < -0.4 is 11.5 Å². The highest BCUT2D eigenvalue weighted by molar-refractivity contribution is 5.59. The summed E-state index contributed by atoms with van der Waals surface area (Å²) in [5.74, 6) is 0. The van der Waals surface area contributed by atoms with E-state index >= 15 is 0 Å². The summed E-state index contributed by atoms with van der Waals surface area (Å²) in [4.78, 5) is 10.1. The van der Waals surface area contributed by atoms with E-state index in [2.05, 4.69) is 0 Å². The van der Waals surface area contributed by atoms with Crippen LogP contribution in [0, 0.1) is 17.0 Å². The molecule has 0 fully saturated rings. The number of nitrogen functional groups attached to an aromatic ring is 1. The predicted molar refractivity (Wildman–Crippen MR) is 62.3 cm³/mol. The Morgan fingerprint density at radius 3 is 2.53 bits per heavy atom. The third kappa shape index (κ3) is 2.70. The molecule has 0 saturated carbocycles. The van der Waals surface area contributed by atoms with Gasteiger partial charge in [0.15, 0.2) is 0 Å². The molecule has 0 aromatic heterocycles. The maximum atomic E-state index is 10.7. The summed E-state index contributed by atoms with van der Waals surface area (Å²) in [6.07, 6.45) is -2.54. The average Bonchev–Trinajstić information content (AvgIpc) is 2.30. The minimum Gasteiger partial charge on any atom is -0.398 e. The number of anilines is 1. The minimum atomic E-state index is -1.33. The van der Waals surface area contributed by atoms with Crippen molar-refractivity contribution in [1.29, 1.82) is 0 Å². The Bertz CT molecular complexity index is 436. The molecule has 0 saturated heterocycles. The minimum absolute atomic E-state index is 0.120. The molecule has 0 aliphatic heterocycles. The van der Waals surface area contributed by atoms with Crippen molar-refractivity contribution in [2.45, 2.75) is 19.1 Å². The largest absolute Gasteiger partial charge is 0.398 e. The van der Waals surface area contributed by atoms with Gasteiger partial charge in [0, 0.05) is 29.9 Å². The van der Waals surface area contributed by atoms with E-state index in [0.29, 0.717) is 5.56 Å². The highest BCUT2D eigenvalue weighted by Crippen LogP contribution is 2.30. The Hall–Kier alpha value is -1.70. The Kier molecular flexibility index (Phi) is 4.00. The number of non-ortho nitro benzene ring substituents is 1. The van der Waals surface area contributed by atoms with Gasteiger partial charge >= 0.3 is 0 Å². The van der Waals surface area contributed by atoms with Gasteiger partial charge in [-0.05, 0) is 12.5 Å². The van der Waals surface area contributed by atoms with Gasteiger partial charge in [-0.15, -0.1) is 0 Å². The molecule has 94 valence electrons. The number of nitrogens with zero attached hydrogens (tertiary/aromatic N) is 1. The van der Waals surface area contributed by atoms with Gasteiger partial charge in [0.1, 0.15) is 6.10 Å². The number of nitro groups is 1. The average molecular weight is 241 g/mol. The van der Waals surface area contributed by atoms with Crippen LogP contribution >= 0.6 is 0 Å². The van der Waals surface area contributed by atoms with Crippen molar-refractivity contribution in [1.82, 2.24) is 0 Å². The van der Waals surface area contributed by atoms with Crippen LogP contribution in [0.3, 0.4) is 0 Å². The van der Waals surface area contributed by atoms with E-state index in [1.54, 1.807) is 6.92 Å². The summed E-state index contributed by atoms with van der Waals surface area (Å²) in [5, 5.41) is 29.9. The SMILES string of the molecule is Cc1cc([N+](=O)[O-])cc(C(O)C(O)CN)c1N. The lowest BCUT2D eigenvalue weighted by molar-refractivity contribution is -0.385. The number of hydrogen-bond acceptors (Lipinski definition) is 6. The first-order valence-corrected chi connectivity index (χ1v) is 4.99. The first kappa shape index (κ1) is 13.4. The van der Waals surface area contributed by atoms with E-state index in [9.17, 15) is 20.3 Å². The summed E-state index contributed by atoms with van der Waals surface area (Å²) in [7, 11) is 0. The van der Waals surface area contributed by atoms with Crippen LogP contribution in [0.5, 0.6) is 0 Å². The van der Waals surface area contributed by atoms with Crippen LogP contribution in [0.15, 0.2) is 12.1 Å². The standard InChI is InChI=1S/C10H15N3O4/c1-5-2-6(13(16)17)3-7(9(5)12)10(15)8(14)4-11/h2-3,8,10,14-15H,4,11-12H2,1H3. The number of nitro benzene ring substituents is 1. The predicted octanol–water partition coefficient (Wildman–Crippen LogP) is -0.162. The third-order valence-corrected chi connectivity index (χ3v) is 2.54. The van der Waals surface area contributed by atoms with E-state index < -0.39 is 17.1 Å². The summed E-state index contributed by atoms with van der Waals surface area (Å²) >= 11 is 0. The van der Waals surface area contributed by atoms with Crippen LogP contribution in [0.25, 0.3) is 0 Å². The fraction of sp³-hybridized carbons (Fsp3) is 0.400. The topological polar surface area (TPSA) is 136 Å². The highest BCUT2D eigenvalue weighted by Gasteiger charge is 2.23. The maximum absolute atomic E-state index is 10.7. The van der Waals surface area contributed by atoms with Gasteiger partial charge in [0.05, 0.1) is 11.0 Å². The molecule has 17 heavy (non-hydrogen) atoms. The fourth-order valence-electron chi connectivity index (χ4n) is 1.49. The van der Waals surface area contributed by atoms with Gasteiger partial charge in [0.25, 0.3) is 5.69 Å². The molecule has 1 aromatic rings. The zero-order chi connectivity index (χ0) is 13.2. The van der Waals surface area contributed by atoms with E-state index in [0.717, 1.165) is 6.07 Å². The number of aryl methyl sites for hydroxylation is 1. The molecular formula is C10H15N3O4. The molecule has 7 nitrogen and oxygen atoms in total. The normalized spacial score (nSPS) is 14.4. The van der Waals surface area contributed by atoms with Crippen LogP contribution in [0.4, 0.5) is 11.4 Å². The Labute approximate surface area is 97.8 Å². The smallest absolute Gasteiger partial charge is 0.270 e. The van der Waals surface area contributed by atoms with Gasteiger partial charge in [-0.1, -0.05) is 0 Å². The monoisotopic (exact) mass is 241 g/mol. The van der Waals surface area contributed by atoms with Crippen molar-refractivity contribution in [3.63, 3.8) is 0 Å². The second kappa shape index (κ2) is 5.09. The van der Waals surface area contributed by atoms with E-state index in [-0.39, 0.29) is 23.5 Å². The Morgan fingerprint density at radius 2 is 2.06 bits per heavy atom. The fourth-order valence-corrected chi connectivity index (χ4v) is 1.49. The van der Waals surface area contributed by atoms with E-state index in [4.69, 9.17) is 11.5 Å². The van der Waals surface area contributed by atoms with Crippen molar-refractivity contribution in [2.75, 3.05) is 12.3 Å². The molecule has 1 aromatic carbocycles. The van der Waals surface area contributed by atoms with E-state index in [1.165, 1.54) is 6.07 Å². The number of benzene rings is 1. The molecule has 0 amide bonds. The van der Waals surface area contributed by atoms with Crippen molar-refractivity contribution >= 4 is 11.4 Å². The molecular weight excluding hydrogens is 226 g/mol. The summed E-state index contributed by atoms with van der Waals surface area (Å²) < 4.78 is 0. The number of aliphatic hydroxyl groups excluding tert-OH is 2. The summed E-state index contributed by atoms with van der Waals surface area (Å²) in [5.41, 5.74) is 11.5. The van der Waals surface area contributed by atoms with Crippen LogP contribution in [-0.4, -0.2) is 27.8 Å². The second-order valence-electron chi connectivity index (χ2n) is 3.77. The molecule has 1 rings (SSSR count). The molecule has 0 radical (unpaired) electrons. The Morgan fingerprint density at radius 1 is 1.47 bits per heavy atom. The quantitative estimate of drug-likeness (QED) is 0.328. The number of rotatable bonds is 4. The van der Waals surface area contributed by atoms with Gasteiger partial charge < -0.3 is 21.7 Å². The zero-order valence-electron chi connectivity index (χ0n) is 9.33. The zero-order valence-corrected chi connectivity index (χ0v) is 9.33. The molecule has 0 aliphatic carbocycles. The molecule has 0 bridgehead atoms. The molecule has 2 unspecified atom stereocenters. The number of aliphatic hydroxyl groups is 2. The van der Waals surface area contributed by atoms with Gasteiger partial charge in [0.2, 0.25) is 0 Å². The molecule has 0 spiro atoms. The molecule has 6 N–H and O–H groups in total. The van der Waals surface area contributed by atoms with Crippen molar-refractivity contribution in [2.24, 2.45) is 5.73 Å². The van der Waals surface area contributed by atoms with Crippen molar-refractivity contribution in [3.8, 4) is 0 Å². The van der Waals surface area contributed by atoms with Crippen LogP contribution in [0.1, 0.15) is 17.2 Å². The van der Waals surface area contributed by atoms with Crippen LogP contribution in [-0.2, 0) is 0 Å². The Balaban J connectivity index is 3.27. The molecule has 2 atom stereocenters. The van der Waals surface area contributed by atoms with Gasteiger partial charge in [-0.2, -0.15) is 0 Å². The van der Waals surface area contributed by atoms with Gasteiger partial charge in [-0.25, -0.2) is 0 Å².